The molecule has 0 unspecified atom stereocenters. The quantitative estimate of drug-likeness (QED) is 0.352. The minimum absolute atomic E-state index is 0.333. The Labute approximate surface area is 54.0 Å². The van der Waals surface area contributed by atoms with Gasteiger partial charge in [0.25, 0.3) is 0 Å². The summed E-state index contributed by atoms with van der Waals surface area (Å²) in [6.45, 7) is 3.81. The van der Waals surface area contributed by atoms with Crippen molar-refractivity contribution in [2.24, 2.45) is 5.16 Å². The monoisotopic (exact) mass is 133 g/mol. The van der Waals surface area contributed by atoms with Gasteiger partial charge in [-0.2, -0.15) is 11.8 Å². The topological polar surface area (TPSA) is 32.6 Å². The van der Waals surface area contributed by atoms with Gasteiger partial charge in [0, 0.05) is 5.25 Å². The number of rotatable bonds is 2. The summed E-state index contributed by atoms with van der Waals surface area (Å²) in [4.78, 5) is 0. The normalized spacial score (nSPS) is 16.1. The number of hydrogen-bond donors (Lipinski definition) is 1. The Hall–Kier alpha value is -0.180. The third-order valence-corrected chi connectivity index (χ3v) is 2.15. The van der Waals surface area contributed by atoms with Crippen LogP contribution in [0.25, 0.3) is 0 Å². The maximum atomic E-state index is 8.21. The molecule has 0 aliphatic rings. The molecule has 0 bridgehead atoms. The summed E-state index contributed by atoms with van der Waals surface area (Å²) >= 11 is 1.67. The molecule has 0 amide bonds. The van der Waals surface area contributed by atoms with Crippen LogP contribution < -0.4 is 0 Å². The zero-order valence-electron chi connectivity index (χ0n) is 5.38. The van der Waals surface area contributed by atoms with Gasteiger partial charge in [-0.25, -0.2) is 0 Å². The van der Waals surface area contributed by atoms with Crippen LogP contribution in [0.1, 0.15) is 13.8 Å². The highest BCUT2D eigenvalue weighted by molar-refractivity contribution is 7.99. The zero-order valence-corrected chi connectivity index (χ0v) is 6.20. The van der Waals surface area contributed by atoms with E-state index in [2.05, 4.69) is 5.16 Å². The highest BCUT2D eigenvalue weighted by Gasteiger charge is 2.01. The molecule has 3 heteroatoms. The van der Waals surface area contributed by atoms with E-state index < -0.39 is 0 Å². The van der Waals surface area contributed by atoms with E-state index in [4.69, 9.17) is 5.21 Å². The van der Waals surface area contributed by atoms with Crippen LogP contribution in [-0.2, 0) is 0 Å². The van der Waals surface area contributed by atoms with Crippen LogP contribution in [0.15, 0.2) is 5.16 Å². The van der Waals surface area contributed by atoms with Crippen LogP contribution >= 0.6 is 11.8 Å². The first kappa shape index (κ1) is 7.82. The Kier molecular flexibility index (Phi) is 3.69. The molecule has 0 spiro atoms. The van der Waals surface area contributed by atoms with Crippen molar-refractivity contribution >= 4 is 17.5 Å². The van der Waals surface area contributed by atoms with Gasteiger partial charge in [-0.15, -0.1) is 0 Å². The molecule has 1 N–H and O–H groups in total. The minimum Gasteiger partial charge on any atom is -0.411 e. The van der Waals surface area contributed by atoms with Gasteiger partial charge in [0.1, 0.15) is 0 Å². The predicted octanol–water partition coefficient (Wildman–Crippen LogP) is 1.59. The second kappa shape index (κ2) is 3.78. The molecule has 0 rings (SSSR count). The van der Waals surface area contributed by atoms with Crippen LogP contribution in [0, 0.1) is 0 Å². The first-order valence-electron chi connectivity index (χ1n) is 2.43. The zero-order chi connectivity index (χ0) is 6.57. The molecule has 2 nitrogen and oxygen atoms in total. The van der Waals surface area contributed by atoms with Gasteiger partial charge in [0.2, 0.25) is 0 Å². The second-order valence-corrected chi connectivity index (χ2v) is 2.80. The van der Waals surface area contributed by atoms with E-state index in [9.17, 15) is 0 Å². The molecule has 0 fully saturated rings. The van der Waals surface area contributed by atoms with Crippen molar-refractivity contribution in [2.45, 2.75) is 19.1 Å². The summed E-state index contributed by atoms with van der Waals surface area (Å²) in [6, 6.07) is 0. The van der Waals surface area contributed by atoms with E-state index in [1.165, 1.54) is 0 Å². The lowest BCUT2D eigenvalue weighted by atomic mass is 10.3. The van der Waals surface area contributed by atoms with Crippen molar-refractivity contribution in [3.8, 4) is 0 Å². The van der Waals surface area contributed by atoms with Gasteiger partial charge in [-0.1, -0.05) is 5.16 Å². The molecule has 8 heavy (non-hydrogen) atoms. The van der Waals surface area contributed by atoms with E-state index >= 15 is 0 Å². The van der Waals surface area contributed by atoms with Crippen molar-refractivity contribution in [3.63, 3.8) is 0 Å². The fraction of sp³-hybridized carbons (Fsp3) is 0.800. The van der Waals surface area contributed by atoms with Crippen LogP contribution in [0.4, 0.5) is 0 Å². The minimum atomic E-state index is 0.333. The summed E-state index contributed by atoms with van der Waals surface area (Å²) in [7, 11) is 0. The largest absolute Gasteiger partial charge is 0.411 e. The van der Waals surface area contributed by atoms with Gasteiger partial charge in [-0.3, -0.25) is 0 Å². The first-order chi connectivity index (χ1) is 3.72. The van der Waals surface area contributed by atoms with Crippen LogP contribution in [0.5, 0.6) is 0 Å². The van der Waals surface area contributed by atoms with Crippen molar-refractivity contribution in [3.05, 3.63) is 0 Å². The Balaban J connectivity index is 3.63. The highest BCUT2D eigenvalue weighted by atomic mass is 32.2. The lowest BCUT2D eigenvalue weighted by Crippen LogP contribution is -2.07. The van der Waals surface area contributed by atoms with E-state index in [1.807, 2.05) is 13.2 Å². The van der Waals surface area contributed by atoms with Crippen LogP contribution in [0.2, 0.25) is 0 Å². The molecule has 48 valence electrons. The van der Waals surface area contributed by atoms with E-state index in [-0.39, 0.29) is 0 Å². The summed E-state index contributed by atoms with van der Waals surface area (Å²) in [6.07, 6.45) is 1.99. The molecule has 0 aliphatic heterocycles. The van der Waals surface area contributed by atoms with Crippen molar-refractivity contribution in [1.29, 1.82) is 0 Å². The van der Waals surface area contributed by atoms with Gasteiger partial charge in [0.15, 0.2) is 0 Å². The fourth-order valence-electron chi connectivity index (χ4n) is 0.252. The smallest absolute Gasteiger partial charge is 0.0666 e. The summed E-state index contributed by atoms with van der Waals surface area (Å²) < 4.78 is 0. The first-order valence-corrected chi connectivity index (χ1v) is 3.72. The molecule has 0 aromatic heterocycles. The van der Waals surface area contributed by atoms with Crippen LogP contribution in [-0.4, -0.2) is 22.4 Å². The summed E-state index contributed by atoms with van der Waals surface area (Å²) in [5.74, 6) is 0. The standard InChI is InChI=1S/C5H11NOS/c1-4(6-7)5(2)8-3/h5,7H,1-3H3/b6-4-/t5-/m1/s1. The van der Waals surface area contributed by atoms with Gasteiger partial charge < -0.3 is 5.21 Å². The average Bonchev–Trinajstić information content (AvgIpc) is 1.84. The third kappa shape index (κ3) is 2.21. The van der Waals surface area contributed by atoms with Crippen LogP contribution in [0.3, 0.4) is 0 Å². The Morgan fingerprint density at radius 3 is 2.38 bits per heavy atom. The second-order valence-electron chi connectivity index (χ2n) is 1.62. The van der Waals surface area contributed by atoms with E-state index in [0.717, 1.165) is 5.71 Å². The van der Waals surface area contributed by atoms with Gasteiger partial charge >= 0.3 is 0 Å². The molecule has 0 saturated heterocycles. The number of thioether (sulfide) groups is 1. The van der Waals surface area contributed by atoms with Crippen molar-refractivity contribution < 1.29 is 5.21 Å². The maximum Gasteiger partial charge on any atom is 0.0666 e. The lowest BCUT2D eigenvalue weighted by Gasteiger charge is -2.02. The molecule has 0 saturated carbocycles. The Morgan fingerprint density at radius 1 is 1.75 bits per heavy atom. The SMILES string of the molecule is CS[C@H](C)/C(C)=N\O. The summed E-state index contributed by atoms with van der Waals surface area (Å²) in [5.41, 5.74) is 0.775. The fourth-order valence-corrected chi connectivity index (χ4v) is 0.640. The summed E-state index contributed by atoms with van der Waals surface area (Å²) in [5, 5.41) is 11.6. The van der Waals surface area contributed by atoms with Gasteiger partial charge in [-0.05, 0) is 20.1 Å². The lowest BCUT2D eigenvalue weighted by molar-refractivity contribution is 0.318. The molecule has 0 aromatic carbocycles. The Morgan fingerprint density at radius 2 is 2.25 bits per heavy atom. The third-order valence-electron chi connectivity index (χ3n) is 1.10. The Bertz CT molecular complexity index is 92.4. The molecule has 0 aromatic rings. The molecular formula is C5H11NOS. The number of oxime groups is 1. The van der Waals surface area contributed by atoms with E-state index in [0.29, 0.717) is 5.25 Å². The molecule has 0 heterocycles. The molecule has 0 aliphatic carbocycles. The number of hydrogen-bond acceptors (Lipinski definition) is 3. The maximum absolute atomic E-state index is 8.21. The molecule has 0 radical (unpaired) electrons. The van der Waals surface area contributed by atoms with Crippen molar-refractivity contribution in [1.82, 2.24) is 0 Å². The van der Waals surface area contributed by atoms with Crippen molar-refractivity contribution in [2.75, 3.05) is 6.26 Å². The molecule has 1 atom stereocenters. The van der Waals surface area contributed by atoms with E-state index in [1.54, 1.807) is 18.7 Å². The number of nitrogens with zero attached hydrogens (tertiary/aromatic N) is 1. The predicted molar refractivity (Wildman–Crippen MR) is 37.9 cm³/mol. The molecular weight excluding hydrogens is 122 g/mol. The highest BCUT2D eigenvalue weighted by Crippen LogP contribution is 2.05. The van der Waals surface area contributed by atoms with Gasteiger partial charge in [0.05, 0.1) is 5.71 Å². The average molecular weight is 133 g/mol.